The first-order valence-corrected chi connectivity index (χ1v) is 6.76. The normalized spacial score (nSPS) is 21.2. The molecule has 1 aliphatic carbocycles. The van der Waals surface area contributed by atoms with Gasteiger partial charge in [-0.25, -0.2) is 0 Å². The van der Waals surface area contributed by atoms with E-state index in [2.05, 4.69) is 27.4 Å². The maximum atomic E-state index is 5.82. The summed E-state index contributed by atoms with van der Waals surface area (Å²) in [6.07, 6.45) is 9.69. The number of hydrogen-bond acceptors (Lipinski definition) is 2. The van der Waals surface area contributed by atoms with E-state index >= 15 is 0 Å². The van der Waals surface area contributed by atoms with Crippen LogP contribution in [-0.2, 0) is 0 Å². The molecule has 1 fully saturated rings. The Hall–Kier alpha value is -0.300. The average Bonchev–Trinajstić information content (AvgIpc) is 2.28. The third-order valence-electron chi connectivity index (χ3n) is 3.62. The van der Waals surface area contributed by atoms with Gasteiger partial charge in [0.05, 0.1) is 0 Å². The van der Waals surface area contributed by atoms with Crippen LogP contribution in [0.1, 0.15) is 25.7 Å². The van der Waals surface area contributed by atoms with E-state index in [9.17, 15) is 0 Å². The van der Waals surface area contributed by atoms with Crippen LogP contribution in [0.15, 0.2) is 17.1 Å². The summed E-state index contributed by atoms with van der Waals surface area (Å²) < 4.78 is 0. The summed E-state index contributed by atoms with van der Waals surface area (Å²) in [5.41, 5.74) is 5.82. The van der Waals surface area contributed by atoms with Crippen molar-refractivity contribution in [3.05, 3.63) is 12.2 Å². The van der Waals surface area contributed by atoms with Crippen molar-refractivity contribution in [3.8, 4) is 0 Å². The second-order valence-electron chi connectivity index (χ2n) is 5.01. The quantitative estimate of drug-likeness (QED) is 0.337. The van der Waals surface area contributed by atoms with Crippen molar-refractivity contribution in [2.24, 2.45) is 16.6 Å². The molecule has 0 aromatic heterocycles. The Kier molecular flexibility index (Phi) is 7.65. The Morgan fingerprint density at radius 3 is 2.83 bits per heavy atom. The molecule has 0 saturated heterocycles. The van der Waals surface area contributed by atoms with Crippen LogP contribution in [0.3, 0.4) is 0 Å². The highest BCUT2D eigenvalue weighted by Crippen LogP contribution is 2.26. The molecule has 0 spiro atoms. The van der Waals surface area contributed by atoms with Gasteiger partial charge in [0.25, 0.3) is 0 Å². The lowest BCUT2D eigenvalue weighted by molar-refractivity contribution is 0.302. The van der Waals surface area contributed by atoms with E-state index in [-0.39, 0.29) is 24.0 Å². The molecule has 0 aromatic rings. The highest BCUT2D eigenvalue weighted by Gasteiger charge is 2.16. The maximum Gasteiger partial charge on any atom is 0.188 e. The zero-order chi connectivity index (χ0) is 11.9. The molecule has 2 aliphatic rings. The minimum Gasteiger partial charge on any atom is -0.370 e. The number of rotatable bonds is 5. The monoisotopic (exact) mass is 364 g/mol. The summed E-state index contributed by atoms with van der Waals surface area (Å²) in [7, 11) is 0. The lowest BCUT2D eigenvalue weighted by atomic mass is 9.86. The molecule has 18 heavy (non-hydrogen) atoms. The number of nitrogens with one attached hydrogen (secondary N) is 1. The molecule has 0 radical (unpaired) electrons. The lowest BCUT2D eigenvalue weighted by Crippen LogP contribution is -2.39. The summed E-state index contributed by atoms with van der Waals surface area (Å²) in [6.45, 7) is 5.08. The van der Waals surface area contributed by atoms with Crippen LogP contribution in [-0.4, -0.2) is 43.6 Å². The molecular weight excluding hydrogens is 339 g/mol. The second-order valence-corrected chi connectivity index (χ2v) is 5.01. The third-order valence-corrected chi connectivity index (χ3v) is 3.62. The van der Waals surface area contributed by atoms with E-state index in [1.54, 1.807) is 0 Å². The SMILES string of the molecule is I.NC(=NCC1CCC1)NCCN1CC=CCC1. The van der Waals surface area contributed by atoms with Gasteiger partial charge in [-0.15, -0.1) is 24.0 Å². The summed E-state index contributed by atoms with van der Waals surface area (Å²) in [6, 6.07) is 0. The van der Waals surface area contributed by atoms with Gasteiger partial charge in [0.1, 0.15) is 0 Å². The Morgan fingerprint density at radius 1 is 1.39 bits per heavy atom. The van der Waals surface area contributed by atoms with Crippen molar-refractivity contribution in [1.29, 1.82) is 0 Å². The molecule has 1 aliphatic heterocycles. The smallest absolute Gasteiger partial charge is 0.188 e. The minimum atomic E-state index is 0. The van der Waals surface area contributed by atoms with Gasteiger partial charge < -0.3 is 11.1 Å². The fourth-order valence-electron chi connectivity index (χ4n) is 2.19. The molecule has 3 N–H and O–H groups in total. The molecule has 1 heterocycles. The fourth-order valence-corrected chi connectivity index (χ4v) is 2.19. The fraction of sp³-hybridized carbons (Fsp3) is 0.769. The van der Waals surface area contributed by atoms with Gasteiger partial charge in [-0.1, -0.05) is 18.6 Å². The van der Waals surface area contributed by atoms with Crippen molar-refractivity contribution in [3.63, 3.8) is 0 Å². The summed E-state index contributed by atoms with van der Waals surface area (Å²) in [5, 5.41) is 3.20. The van der Waals surface area contributed by atoms with Crippen LogP contribution >= 0.6 is 24.0 Å². The second kappa shape index (κ2) is 8.74. The molecule has 0 amide bonds. The Labute approximate surface area is 127 Å². The van der Waals surface area contributed by atoms with E-state index in [1.165, 1.54) is 25.7 Å². The highest BCUT2D eigenvalue weighted by molar-refractivity contribution is 14.0. The predicted molar refractivity (Wildman–Crippen MR) is 87.4 cm³/mol. The number of guanidine groups is 1. The number of hydrogen-bond donors (Lipinski definition) is 2. The van der Waals surface area contributed by atoms with Gasteiger partial charge in [0.15, 0.2) is 5.96 Å². The molecule has 0 unspecified atom stereocenters. The third kappa shape index (κ3) is 5.56. The maximum absolute atomic E-state index is 5.82. The molecular formula is C13H25IN4. The molecule has 0 aromatic carbocycles. The van der Waals surface area contributed by atoms with Crippen LogP contribution in [0, 0.1) is 5.92 Å². The Morgan fingerprint density at radius 2 is 2.22 bits per heavy atom. The first-order valence-electron chi connectivity index (χ1n) is 6.76. The van der Waals surface area contributed by atoms with Crippen molar-refractivity contribution < 1.29 is 0 Å². The number of nitrogens with zero attached hydrogens (tertiary/aromatic N) is 2. The number of halogens is 1. The van der Waals surface area contributed by atoms with E-state index < -0.39 is 0 Å². The molecule has 1 saturated carbocycles. The standard InChI is InChI=1S/C13H24N4.HI/c14-13(16-11-12-5-4-6-12)15-7-10-17-8-2-1-3-9-17;/h1-2,12H,3-11H2,(H3,14,15,16);1H. The van der Waals surface area contributed by atoms with E-state index in [4.69, 9.17) is 5.73 Å². The van der Waals surface area contributed by atoms with Crippen LogP contribution in [0.5, 0.6) is 0 Å². The van der Waals surface area contributed by atoms with Crippen LogP contribution < -0.4 is 11.1 Å². The molecule has 104 valence electrons. The largest absolute Gasteiger partial charge is 0.370 e. The molecule has 2 rings (SSSR count). The van der Waals surface area contributed by atoms with E-state index in [0.717, 1.165) is 38.6 Å². The lowest BCUT2D eigenvalue weighted by Gasteiger charge is -2.24. The zero-order valence-electron chi connectivity index (χ0n) is 11.0. The zero-order valence-corrected chi connectivity index (χ0v) is 13.3. The average molecular weight is 364 g/mol. The van der Waals surface area contributed by atoms with Gasteiger partial charge in [-0.2, -0.15) is 0 Å². The van der Waals surface area contributed by atoms with Crippen LogP contribution in [0.4, 0.5) is 0 Å². The number of aliphatic imine (C=N–C) groups is 1. The molecule has 5 heteroatoms. The van der Waals surface area contributed by atoms with E-state index in [1.807, 2.05) is 0 Å². The molecule has 0 bridgehead atoms. The summed E-state index contributed by atoms with van der Waals surface area (Å²) in [5.74, 6) is 1.41. The summed E-state index contributed by atoms with van der Waals surface area (Å²) in [4.78, 5) is 6.80. The van der Waals surface area contributed by atoms with E-state index in [0.29, 0.717) is 5.96 Å². The van der Waals surface area contributed by atoms with Gasteiger partial charge in [0.2, 0.25) is 0 Å². The van der Waals surface area contributed by atoms with Gasteiger partial charge in [-0.05, 0) is 25.2 Å². The molecule has 0 atom stereocenters. The van der Waals surface area contributed by atoms with Crippen molar-refractivity contribution >= 4 is 29.9 Å². The first kappa shape index (κ1) is 15.8. The topological polar surface area (TPSA) is 53.6 Å². The van der Waals surface area contributed by atoms with Crippen LogP contribution in [0.25, 0.3) is 0 Å². The first-order chi connectivity index (χ1) is 8.34. The Balaban J connectivity index is 0.00000162. The van der Waals surface area contributed by atoms with Gasteiger partial charge in [-0.3, -0.25) is 9.89 Å². The van der Waals surface area contributed by atoms with Crippen molar-refractivity contribution in [1.82, 2.24) is 10.2 Å². The van der Waals surface area contributed by atoms with Crippen molar-refractivity contribution in [2.75, 3.05) is 32.7 Å². The highest BCUT2D eigenvalue weighted by atomic mass is 127. The minimum absolute atomic E-state index is 0. The van der Waals surface area contributed by atoms with Crippen LogP contribution in [0.2, 0.25) is 0 Å². The van der Waals surface area contributed by atoms with Gasteiger partial charge in [0, 0.05) is 32.7 Å². The summed E-state index contributed by atoms with van der Waals surface area (Å²) >= 11 is 0. The molecule has 4 nitrogen and oxygen atoms in total. The van der Waals surface area contributed by atoms with Gasteiger partial charge >= 0.3 is 0 Å². The number of nitrogens with two attached hydrogens (primary N) is 1. The van der Waals surface area contributed by atoms with Crippen molar-refractivity contribution in [2.45, 2.75) is 25.7 Å². The Bertz CT molecular complexity index is 287. The predicted octanol–water partition coefficient (Wildman–Crippen LogP) is 1.57.